The Morgan fingerprint density at radius 2 is 1.77 bits per heavy atom. The van der Waals surface area contributed by atoms with Crippen molar-refractivity contribution in [2.45, 2.75) is 20.0 Å². The maximum absolute atomic E-state index is 12.2. The molecular formula is C21H19NO4. The number of amides is 1. The molecule has 0 spiro atoms. The third-order valence-electron chi connectivity index (χ3n) is 3.88. The number of aryl methyl sites for hydroxylation is 1. The first-order valence-corrected chi connectivity index (χ1v) is 8.35. The Hall–Kier alpha value is -3.34. The minimum Gasteiger partial charge on any atom is -0.482 e. The molecule has 0 aliphatic heterocycles. The summed E-state index contributed by atoms with van der Waals surface area (Å²) in [5, 5.41) is 2.70. The lowest BCUT2D eigenvalue weighted by Crippen LogP contribution is -2.15. The van der Waals surface area contributed by atoms with Gasteiger partial charge in [-0.3, -0.25) is 9.59 Å². The molecule has 1 N–H and O–H groups in total. The topological polar surface area (TPSA) is 68.5 Å². The molecule has 0 aliphatic carbocycles. The van der Waals surface area contributed by atoms with E-state index in [-0.39, 0.29) is 18.1 Å². The number of ether oxygens (including phenoxy) is 1. The van der Waals surface area contributed by atoms with Gasteiger partial charge >= 0.3 is 0 Å². The van der Waals surface area contributed by atoms with Crippen LogP contribution >= 0.6 is 0 Å². The number of nitrogens with one attached hydrogen (secondary N) is 1. The van der Waals surface area contributed by atoms with Crippen molar-refractivity contribution in [2.75, 3.05) is 5.32 Å². The fourth-order valence-electron chi connectivity index (χ4n) is 2.38. The Morgan fingerprint density at radius 1 is 1.04 bits per heavy atom. The molecule has 1 heterocycles. The van der Waals surface area contributed by atoms with E-state index in [0.29, 0.717) is 5.69 Å². The van der Waals surface area contributed by atoms with Gasteiger partial charge in [0.25, 0.3) is 5.91 Å². The van der Waals surface area contributed by atoms with Gasteiger partial charge in [-0.25, -0.2) is 0 Å². The zero-order chi connectivity index (χ0) is 18.4. The predicted octanol–water partition coefficient (Wildman–Crippen LogP) is 4.03. The average Bonchev–Trinajstić information content (AvgIpc) is 2.68. The molecule has 3 rings (SSSR count). The Kier molecular flexibility index (Phi) is 5.49. The molecule has 1 amide bonds. The minimum atomic E-state index is -0.485. The summed E-state index contributed by atoms with van der Waals surface area (Å²) in [6, 6.07) is 18.1. The van der Waals surface area contributed by atoms with Crippen LogP contribution in [0.25, 0.3) is 0 Å². The highest BCUT2D eigenvalue weighted by atomic mass is 16.5. The molecule has 3 aromatic rings. The van der Waals surface area contributed by atoms with Crippen molar-refractivity contribution in [3.8, 4) is 5.75 Å². The highest BCUT2D eigenvalue weighted by Crippen LogP contribution is 2.13. The highest BCUT2D eigenvalue weighted by molar-refractivity contribution is 6.02. The standard InChI is InChI=1S/C21H19NO4/c1-2-15-8-10-17(11-9-15)22-21(24)19-12-18(23)20(14-26-19)25-13-16-6-4-3-5-7-16/h3-12,14H,2,13H2,1H3,(H,22,24). The first-order chi connectivity index (χ1) is 12.7. The van der Waals surface area contributed by atoms with Gasteiger partial charge in [-0.2, -0.15) is 0 Å². The summed E-state index contributed by atoms with van der Waals surface area (Å²) < 4.78 is 10.7. The van der Waals surface area contributed by atoms with Crippen molar-refractivity contribution in [3.05, 3.63) is 94.0 Å². The third kappa shape index (κ3) is 4.39. The van der Waals surface area contributed by atoms with Crippen LogP contribution in [-0.4, -0.2) is 5.91 Å². The molecule has 0 bridgehead atoms. The molecule has 0 saturated carbocycles. The summed E-state index contributed by atoms with van der Waals surface area (Å²) >= 11 is 0. The molecule has 0 aliphatic rings. The van der Waals surface area contributed by atoms with Crippen LogP contribution < -0.4 is 15.5 Å². The van der Waals surface area contributed by atoms with Gasteiger partial charge in [-0.05, 0) is 29.7 Å². The predicted molar refractivity (Wildman–Crippen MR) is 99.5 cm³/mol. The molecule has 2 aromatic carbocycles. The number of hydrogen-bond donors (Lipinski definition) is 1. The van der Waals surface area contributed by atoms with E-state index in [1.165, 1.54) is 11.8 Å². The molecule has 5 nitrogen and oxygen atoms in total. The van der Waals surface area contributed by atoms with Crippen LogP contribution in [0.3, 0.4) is 0 Å². The largest absolute Gasteiger partial charge is 0.482 e. The Labute approximate surface area is 151 Å². The Morgan fingerprint density at radius 3 is 2.42 bits per heavy atom. The van der Waals surface area contributed by atoms with Crippen molar-refractivity contribution in [1.82, 2.24) is 0 Å². The quantitative estimate of drug-likeness (QED) is 0.729. The molecule has 0 fully saturated rings. The fraction of sp³-hybridized carbons (Fsp3) is 0.143. The van der Waals surface area contributed by atoms with Crippen LogP contribution in [0.5, 0.6) is 5.75 Å². The summed E-state index contributed by atoms with van der Waals surface area (Å²) in [6.45, 7) is 2.31. The van der Waals surface area contributed by atoms with Crippen LogP contribution in [-0.2, 0) is 13.0 Å². The van der Waals surface area contributed by atoms with E-state index in [1.807, 2.05) is 54.6 Å². The van der Waals surface area contributed by atoms with E-state index in [2.05, 4.69) is 12.2 Å². The number of hydrogen-bond acceptors (Lipinski definition) is 4. The van der Waals surface area contributed by atoms with Gasteiger partial charge in [0.1, 0.15) is 12.9 Å². The van der Waals surface area contributed by atoms with Crippen molar-refractivity contribution >= 4 is 11.6 Å². The number of anilines is 1. The summed E-state index contributed by atoms with van der Waals surface area (Å²) in [5.41, 5.74) is 2.34. The van der Waals surface area contributed by atoms with E-state index in [9.17, 15) is 9.59 Å². The summed E-state index contributed by atoms with van der Waals surface area (Å²) in [6.07, 6.45) is 2.09. The minimum absolute atomic E-state index is 0.0673. The van der Waals surface area contributed by atoms with Gasteiger partial charge in [0.15, 0.2) is 5.76 Å². The van der Waals surface area contributed by atoms with Crippen LogP contribution in [0.1, 0.15) is 28.6 Å². The molecule has 0 radical (unpaired) electrons. The number of carbonyl (C=O) groups is 1. The maximum atomic E-state index is 12.2. The summed E-state index contributed by atoms with van der Waals surface area (Å²) in [4.78, 5) is 24.4. The zero-order valence-electron chi connectivity index (χ0n) is 14.4. The van der Waals surface area contributed by atoms with Gasteiger partial charge in [0.2, 0.25) is 11.2 Å². The zero-order valence-corrected chi connectivity index (χ0v) is 14.4. The molecule has 1 aromatic heterocycles. The van der Waals surface area contributed by atoms with Crippen molar-refractivity contribution < 1.29 is 13.9 Å². The van der Waals surface area contributed by atoms with Crippen LogP contribution in [0, 0.1) is 0 Å². The van der Waals surface area contributed by atoms with Gasteiger partial charge in [-0.15, -0.1) is 0 Å². The van der Waals surface area contributed by atoms with E-state index in [0.717, 1.165) is 18.1 Å². The number of carbonyl (C=O) groups excluding carboxylic acids is 1. The first-order valence-electron chi connectivity index (χ1n) is 8.35. The molecule has 26 heavy (non-hydrogen) atoms. The molecular weight excluding hydrogens is 330 g/mol. The smallest absolute Gasteiger partial charge is 0.291 e. The van der Waals surface area contributed by atoms with Gasteiger partial charge in [-0.1, -0.05) is 49.4 Å². The molecule has 0 saturated heterocycles. The van der Waals surface area contributed by atoms with Crippen molar-refractivity contribution in [1.29, 1.82) is 0 Å². The molecule has 0 unspecified atom stereocenters. The second-order valence-corrected chi connectivity index (χ2v) is 5.75. The Balaban J connectivity index is 1.66. The van der Waals surface area contributed by atoms with Gasteiger partial charge in [0, 0.05) is 11.8 Å². The summed E-state index contributed by atoms with van der Waals surface area (Å²) in [7, 11) is 0. The number of benzene rings is 2. The lowest BCUT2D eigenvalue weighted by atomic mass is 10.1. The first kappa shape index (κ1) is 17.5. The van der Waals surface area contributed by atoms with Crippen LogP contribution in [0.2, 0.25) is 0 Å². The van der Waals surface area contributed by atoms with Crippen LogP contribution in [0.4, 0.5) is 5.69 Å². The van der Waals surface area contributed by atoms with E-state index in [1.54, 1.807) is 0 Å². The average molecular weight is 349 g/mol. The fourth-order valence-corrected chi connectivity index (χ4v) is 2.38. The lowest BCUT2D eigenvalue weighted by molar-refractivity contribution is 0.0993. The van der Waals surface area contributed by atoms with Crippen molar-refractivity contribution in [3.63, 3.8) is 0 Å². The van der Waals surface area contributed by atoms with E-state index in [4.69, 9.17) is 9.15 Å². The second-order valence-electron chi connectivity index (χ2n) is 5.75. The number of rotatable bonds is 6. The SMILES string of the molecule is CCc1ccc(NC(=O)c2cc(=O)c(OCc3ccccc3)co2)cc1. The normalized spacial score (nSPS) is 10.3. The van der Waals surface area contributed by atoms with Gasteiger partial charge < -0.3 is 14.5 Å². The lowest BCUT2D eigenvalue weighted by Gasteiger charge is -2.07. The van der Waals surface area contributed by atoms with E-state index < -0.39 is 11.3 Å². The molecule has 132 valence electrons. The molecule has 5 heteroatoms. The maximum Gasteiger partial charge on any atom is 0.291 e. The molecule has 0 atom stereocenters. The van der Waals surface area contributed by atoms with Crippen molar-refractivity contribution in [2.24, 2.45) is 0 Å². The second kappa shape index (κ2) is 8.16. The summed E-state index contributed by atoms with van der Waals surface area (Å²) in [5.74, 6) is -0.486. The van der Waals surface area contributed by atoms with E-state index >= 15 is 0 Å². The Bertz CT molecular complexity index is 930. The highest BCUT2D eigenvalue weighted by Gasteiger charge is 2.12. The van der Waals surface area contributed by atoms with Crippen LogP contribution in [0.15, 0.2) is 76.1 Å². The third-order valence-corrected chi connectivity index (χ3v) is 3.88. The van der Waals surface area contributed by atoms with Gasteiger partial charge in [0.05, 0.1) is 0 Å². The monoisotopic (exact) mass is 349 g/mol.